The molecule has 1 unspecified atom stereocenters. The lowest BCUT2D eigenvalue weighted by molar-refractivity contribution is -0.923. The van der Waals surface area contributed by atoms with E-state index in [0.717, 1.165) is 45.2 Å². The summed E-state index contributed by atoms with van der Waals surface area (Å²) in [5.41, 5.74) is 2.10. The molecule has 24 heavy (non-hydrogen) atoms. The number of rotatable bonds is 2. The van der Waals surface area contributed by atoms with Gasteiger partial charge in [0.25, 0.3) is 5.91 Å². The molecule has 0 radical (unpaired) electrons. The number of carbonyl (C=O) groups excluding carboxylic acids is 2. The van der Waals surface area contributed by atoms with Crippen molar-refractivity contribution in [3.05, 3.63) is 35.4 Å². The second-order valence-electron chi connectivity index (χ2n) is 7.64. The molecule has 128 valence electrons. The molecule has 0 bridgehead atoms. The third-order valence-corrected chi connectivity index (χ3v) is 6.19. The van der Waals surface area contributed by atoms with Gasteiger partial charge >= 0.3 is 6.03 Å². The van der Waals surface area contributed by atoms with Gasteiger partial charge < -0.3 is 10.2 Å². The van der Waals surface area contributed by atoms with E-state index in [4.69, 9.17) is 0 Å². The number of quaternary nitrogens is 1. The number of nitrogens with zero attached hydrogens (tertiary/aromatic N) is 1. The van der Waals surface area contributed by atoms with Crippen LogP contribution in [-0.4, -0.2) is 35.6 Å². The van der Waals surface area contributed by atoms with Crippen LogP contribution in [0.1, 0.15) is 43.7 Å². The average molecular weight is 328 g/mol. The van der Waals surface area contributed by atoms with Gasteiger partial charge in [0.1, 0.15) is 12.1 Å². The zero-order valence-corrected chi connectivity index (χ0v) is 14.3. The van der Waals surface area contributed by atoms with Gasteiger partial charge in [-0.1, -0.05) is 44.0 Å². The van der Waals surface area contributed by atoms with Gasteiger partial charge in [-0.3, -0.25) is 4.79 Å². The summed E-state index contributed by atoms with van der Waals surface area (Å²) in [7, 11) is 0. The fraction of sp³-hybridized carbons (Fsp3) is 0.579. The summed E-state index contributed by atoms with van der Waals surface area (Å²) < 4.78 is 0. The molecule has 5 nitrogen and oxygen atoms in total. The maximum absolute atomic E-state index is 13.1. The number of hydrogen-bond donors (Lipinski definition) is 2. The summed E-state index contributed by atoms with van der Waals surface area (Å²) in [6.45, 7) is 4.44. The van der Waals surface area contributed by atoms with Crippen LogP contribution in [0.15, 0.2) is 24.3 Å². The fourth-order valence-electron chi connectivity index (χ4n) is 4.64. The van der Waals surface area contributed by atoms with E-state index in [2.05, 4.69) is 36.5 Å². The number of amides is 3. The molecule has 3 aliphatic rings. The van der Waals surface area contributed by atoms with Gasteiger partial charge in [0.2, 0.25) is 0 Å². The lowest BCUT2D eigenvalue weighted by atomic mass is 9.73. The van der Waals surface area contributed by atoms with E-state index in [1.165, 1.54) is 20.9 Å². The maximum Gasteiger partial charge on any atom is 0.329 e. The Hall–Kier alpha value is -1.88. The molecule has 1 spiro atoms. The van der Waals surface area contributed by atoms with E-state index < -0.39 is 5.54 Å². The summed E-state index contributed by atoms with van der Waals surface area (Å²) in [5, 5.41) is 3.05. The molecule has 2 fully saturated rings. The van der Waals surface area contributed by atoms with Crippen LogP contribution in [0.4, 0.5) is 4.79 Å². The molecule has 2 heterocycles. The molecule has 4 rings (SSSR count). The predicted octanol–water partition coefficient (Wildman–Crippen LogP) is 1.09. The highest BCUT2D eigenvalue weighted by Crippen LogP contribution is 2.37. The molecule has 2 N–H and O–H groups in total. The maximum atomic E-state index is 13.1. The summed E-state index contributed by atoms with van der Waals surface area (Å²) in [6.07, 6.45) is 4.99. The van der Waals surface area contributed by atoms with Crippen molar-refractivity contribution in [3.8, 4) is 0 Å². The SMILES string of the molecule is C[C@@H]1CCCC[C@]12NC(=O)N(C[NH+]1CCc3ccccc3C1)C2=O. The second-order valence-corrected chi connectivity index (χ2v) is 7.64. The molecule has 3 amide bonds. The van der Waals surface area contributed by atoms with Crippen LogP contribution in [0.2, 0.25) is 0 Å². The van der Waals surface area contributed by atoms with E-state index in [9.17, 15) is 9.59 Å². The van der Waals surface area contributed by atoms with Gasteiger partial charge in [0.15, 0.2) is 6.67 Å². The van der Waals surface area contributed by atoms with Crippen molar-refractivity contribution in [1.29, 1.82) is 0 Å². The molecule has 1 saturated carbocycles. The predicted molar refractivity (Wildman–Crippen MR) is 90.3 cm³/mol. The quantitative estimate of drug-likeness (QED) is 0.799. The van der Waals surface area contributed by atoms with Crippen molar-refractivity contribution in [1.82, 2.24) is 10.2 Å². The van der Waals surface area contributed by atoms with Gasteiger partial charge in [-0.25, -0.2) is 9.69 Å². The van der Waals surface area contributed by atoms with Crippen LogP contribution in [0.5, 0.6) is 0 Å². The lowest BCUT2D eigenvalue weighted by Gasteiger charge is -2.37. The standard InChI is InChI=1S/C19H25N3O2/c1-14-6-4-5-10-19(14)17(23)22(18(24)20-19)13-21-11-9-15-7-2-3-8-16(15)12-21/h2-3,7-8,14H,4-6,9-13H2,1H3,(H,20,24)/p+1/t14-,19+/m1/s1. The Labute approximate surface area is 143 Å². The first-order valence-corrected chi connectivity index (χ1v) is 9.14. The minimum atomic E-state index is -0.636. The van der Waals surface area contributed by atoms with Gasteiger partial charge in [0, 0.05) is 12.0 Å². The Kier molecular flexibility index (Phi) is 3.83. The zero-order valence-electron chi connectivity index (χ0n) is 14.3. The Bertz CT molecular complexity index is 674. The van der Waals surface area contributed by atoms with Crippen molar-refractivity contribution < 1.29 is 14.5 Å². The van der Waals surface area contributed by atoms with Gasteiger partial charge in [-0.15, -0.1) is 0 Å². The van der Waals surface area contributed by atoms with Crippen LogP contribution in [0.25, 0.3) is 0 Å². The second kappa shape index (κ2) is 5.88. The normalized spacial score (nSPS) is 32.8. The van der Waals surface area contributed by atoms with E-state index >= 15 is 0 Å². The Morgan fingerprint density at radius 3 is 2.83 bits per heavy atom. The minimum Gasteiger partial charge on any atom is -0.323 e. The van der Waals surface area contributed by atoms with Gasteiger partial charge in [-0.2, -0.15) is 0 Å². The van der Waals surface area contributed by atoms with Crippen molar-refractivity contribution in [2.24, 2.45) is 5.92 Å². The number of carbonyl (C=O) groups is 2. The van der Waals surface area contributed by atoms with Crippen LogP contribution >= 0.6 is 0 Å². The molecular weight excluding hydrogens is 302 g/mol. The van der Waals surface area contributed by atoms with Crippen LogP contribution in [0, 0.1) is 5.92 Å². The largest absolute Gasteiger partial charge is 0.329 e. The zero-order chi connectivity index (χ0) is 16.7. The van der Waals surface area contributed by atoms with E-state index in [1.807, 2.05) is 0 Å². The van der Waals surface area contributed by atoms with Gasteiger partial charge in [0.05, 0.1) is 6.54 Å². The molecule has 1 aromatic rings. The highest BCUT2D eigenvalue weighted by atomic mass is 16.2. The molecule has 1 aromatic carbocycles. The summed E-state index contributed by atoms with van der Waals surface area (Å²) >= 11 is 0. The van der Waals surface area contributed by atoms with E-state index in [0.29, 0.717) is 6.67 Å². The Morgan fingerprint density at radius 2 is 2.04 bits per heavy atom. The van der Waals surface area contributed by atoms with E-state index in [1.54, 1.807) is 0 Å². The number of hydrogen-bond acceptors (Lipinski definition) is 2. The van der Waals surface area contributed by atoms with Crippen molar-refractivity contribution in [2.45, 2.75) is 51.1 Å². The number of benzene rings is 1. The molecule has 0 aromatic heterocycles. The van der Waals surface area contributed by atoms with Crippen LogP contribution < -0.4 is 10.2 Å². The topological polar surface area (TPSA) is 53.9 Å². The highest BCUT2D eigenvalue weighted by molar-refractivity contribution is 6.07. The average Bonchev–Trinajstić information content (AvgIpc) is 2.83. The third kappa shape index (κ3) is 2.42. The summed E-state index contributed by atoms with van der Waals surface area (Å²) in [5.74, 6) is 0.232. The summed E-state index contributed by atoms with van der Waals surface area (Å²) in [4.78, 5) is 28.3. The third-order valence-electron chi connectivity index (χ3n) is 6.19. The van der Waals surface area contributed by atoms with Crippen molar-refractivity contribution >= 4 is 11.9 Å². The number of fused-ring (bicyclic) bond motifs is 1. The van der Waals surface area contributed by atoms with Crippen LogP contribution in [-0.2, 0) is 17.8 Å². The number of urea groups is 1. The van der Waals surface area contributed by atoms with Crippen molar-refractivity contribution in [3.63, 3.8) is 0 Å². The first-order chi connectivity index (χ1) is 11.6. The Morgan fingerprint density at radius 1 is 1.25 bits per heavy atom. The minimum absolute atomic E-state index is 0.00561. The molecule has 3 atom stereocenters. The monoisotopic (exact) mass is 328 g/mol. The molecule has 1 saturated heterocycles. The van der Waals surface area contributed by atoms with Crippen molar-refractivity contribution in [2.75, 3.05) is 13.2 Å². The fourth-order valence-corrected chi connectivity index (χ4v) is 4.64. The molecular formula is C19H26N3O2+. The number of imide groups is 1. The molecule has 1 aliphatic carbocycles. The number of nitrogens with one attached hydrogen (secondary N) is 2. The van der Waals surface area contributed by atoms with Crippen LogP contribution in [0.3, 0.4) is 0 Å². The van der Waals surface area contributed by atoms with E-state index in [-0.39, 0.29) is 17.9 Å². The smallest absolute Gasteiger partial charge is 0.323 e. The van der Waals surface area contributed by atoms with Gasteiger partial charge in [-0.05, 0) is 24.3 Å². The molecule has 2 aliphatic heterocycles. The Balaban J connectivity index is 1.49. The summed E-state index contributed by atoms with van der Waals surface area (Å²) in [6, 6.07) is 8.29. The molecule has 5 heteroatoms. The first kappa shape index (κ1) is 15.6. The lowest BCUT2D eigenvalue weighted by Crippen LogP contribution is -3.13. The highest BCUT2D eigenvalue weighted by Gasteiger charge is 2.55. The first-order valence-electron chi connectivity index (χ1n) is 9.14.